The lowest BCUT2D eigenvalue weighted by molar-refractivity contribution is -0.189. The molecule has 1 aliphatic heterocycles. The zero-order valence-corrected chi connectivity index (χ0v) is 8.80. The van der Waals surface area contributed by atoms with Crippen LogP contribution in [0.5, 0.6) is 0 Å². The zero-order chi connectivity index (χ0) is 13.9. The van der Waals surface area contributed by atoms with Crippen LogP contribution in [-0.4, -0.2) is 46.6 Å². The third kappa shape index (κ3) is 1.56. The van der Waals surface area contributed by atoms with E-state index in [2.05, 4.69) is 0 Å². The van der Waals surface area contributed by atoms with Gasteiger partial charge in [0.25, 0.3) is 5.92 Å². The van der Waals surface area contributed by atoms with E-state index in [1.807, 2.05) is 0 Å². The van der Waals surface area contributed by atoms with Gasteiger partial charge in [0.05, 0.1) is 5.41 Å². The van der Waals surface area contributed by atoms with Crippen LogP contribution in [0.4, 0.5) is 22.0 Å². The van der Waals surface area contributed by atoms with E-state index in [1.165, 1.54) is 0 Å². The molecule has 0 bridgehead atoms. The Morgan fingerprint density at radius 2 is 1.78 bits per heavy atom. The van der Waals surface area contributed by atoms with Crippen molar-refractivity contribution in [2.24, 2.45) is 5.41 Å². The summed E-state index contributed by atoms with van der Waals surface area (Å²) in [6, 6.07) is -2.11. The number of aliphatic carboxylic acids is 1. The van der Waals surface area contributed by atoms with Crippen molar-refractivity contribution >= 4 is 11.9 Å². The van der Waals surface area contributed by atoms with E-state index >= 15 is 0 Å². The summed E-state index contributed by atoms with van der Waals surface area (Å²) in [6.45, 7) is -0.620. The minimum atomic E-state index is -5.26. The molecule has 0 aromatic carbocycles. The molecule has 2 rings (SSSR count). The maximum absolute atomic E-state index is 13.2. The van der Waals surface area contributed by atoms with E-state index in [1.54, 1.807) is 0 Å². The van der Waals surface area contributed by atoms with Gasteiger partial charge in [-0.3, -0.25) is 4.79 Å². The lowest BCUT2D eigenvalue weighted by atomic mass is 9.96. The van der Waals surface area contributed by atoms with Crippen molar-refractivity contribution in [3.63, 3.8) is 0 Å². The molecular formula is C9H8F5NO3. The van der Waals surface area contributed by atoms with Crippen molar-refractivity contribution in [2.45, 2.75) is 31.0 Å². The van der Waals surface area contributed by atoms with Crippen LogP contribution in [-0.2, 0) is 9.59 Å². The lowest BCUT2D eigenvalue weighted by Gasteiger charge is -2.25. The van der Waals surface area contributed by atoms with Crippen molar-refractivity contribution < 1.29 is 36.6 Å². The van der Waals surface area contributed by atoms with Crippen LogP contribution in [0.15, 0.2) is 0 Å². The Labute approximate surface area is 97.4 Å². The SMILES string of the molecule is O=C(O)C1N(C(=O)C(F)(F)F)CCC12CC2(F)F. The van der Waals surface area contributed by atoms with Crippen molar-refractivity contribution in [3.8, 4) is 0 Å². The molecule has 0 aromatic rings. The normalized spacial score (nSPS) is 33.8. The highest BCUT2D eigenvalue weighted by atomic mass is 19.4. The van der Waals surface area contributed by atoms with Gasteiger partial charge in [0.1, 0.15) is 6.04 Å². The Bertz CT molecular complexity index is 421. The van der Waals surface area contributed by atoms with Gasteiger partial charge in [-0.1, -0.05) is 0 Å². The van der Waals surface area contributed by atoms with E-state index < -0.39 is 54.8 Å². The highest BCUT2D eigenvalue weighted by Gasteiger charge is 2.79. The van der Waals surface area contributed by atoms with E-state index in [9.17, 15) is 31.5 Å². The number of hydrogen-bond donors (Lipinski definition) is 1. The standard InChI is InChI=1S/C9H8F5NO3/c10-8(11)3-7(8)1-2-15(4(7)5(16)17)6(18)9(12,13)14/h4H,1-3H2,(H,16,17). The van der Waals surface area contributed by atoms with Gasteiger partial charge in [-0.25, -0.2) is 13.6 Å². The van der Waals surface area contributed by atoms with Crippen LogP contribution in [0.1, 0.15) is 12.8 Å². The molecule has 1 heterocycles. The lowest BCUT2D eigenvalue weighted by Crippen LogP contribution is -2.50. The minimum Gasteiger partial charge on any atom is -0.480 e. The molecule has 1 aliphatic carbocycles. The molecule has 2 fully saturated rings. The Balaban J connectivity index is 2.31. The molecule has 1 amide bonds. The summed E-state index contributed by atoms with van der Waals surface area (Å²) in [5.74, 6) is -7.53. The van der Waals surface area contributed by atoms with Gasteiger partial charge < -0.3 is 10.0 Å². The number of carboxylic acids is 1. The van der Waals surface area contributed by atoms with E-state index in [0.29, 0.717) is 0 Å². The average Bonchev–Trinajstić information content (AvgIpc) is 2.55. The highest BCUT2D eigenvalue weighted by molar-refractivity contribution is 5.88. The second-order valence-corrected chi connectivity index (χ2v) is 4.52. The number of hydrogen-bond acceptors (Lipinski definition) is 2. The summed E-state index contributed by atoms with van der Waals surface area (Å²) in [4.78, 5) is 21.9. The fraction of sp³-hybridized carbons (Fsp3) is 0.778. The van der Waals surface area contributed by atoms with Crippen molar-refractivity contribution in [2.75, 3.05) is 6.54 Å². The number of nitrogens with zero attached hydrogens (tertiary/aromatic N) is 1. The van der Waals surface area contributed by atoms with E-state index in [-0.39, 0.29) is 4.90 Å². The maximum Gasteiger partial charge on any atom is 0.471 e. The molecule has 102 valence electrons. The molecule has 0 radical (unpaired) electrons. The fourth-order valence-corrected chi connectivity index (χ4v) is 2.56. The Kier molecular flexibility index (Phi) is 2.41. The minimum absolute atomic E-state index is 0.0107. The Hall–Kier alpha value is -1.41. The van der Waals surface area contributed by atoms with Gasteiger partial charge in [-0.05, 0) is 6.42 Å². The first-order valence-corrected chi connectivity index (χ1v) is 5.01. The summed E-state index contributed by atoms with van der Waals surface area (Å²) in [5.41, 5.74) is -2.03. The summed E-state index contributed by atoms with van der Waals surface area (Å²) in [6.07, 6.45) is -6.49. The van der Waals surface area contributed by atoms with Crippen molar-refractivity contribution in [1.82, 2.24) is 4.90 Å². The number of amides is 1. The van der Waals surface area contributed by atoms with Gasteiger partial charge in [0, 0.05) is 13.0 Å². The van der Waals surface area contributed by atoms with Crippen LogP contribution in [0.2, 0.25) is 0 Å². The molecule has 9 heteroatoms. The van der Waals surface area contributed by atoms with Gasteiger partial charge in [-0.15, -0.1) is 0 Å². The largest absolute Gasteiger partial charge is 0.480 e. The second-order valence-electron chi connectivity index (χ2n) is 4.52. The summed E-state index contributed by atoms with van der Waals surface area (Å²) in [7, 11) is 0. The second kappa shape index (κ2) is 3.33. The summed E-state index contributed by atoms with van der Waals surface area (Å²) >= 11 is 0. The topological polar surface area (TPSA) is 57.6 Å². The van der Waals surface area contributed by atoms with Crippen molar-refractivity contribution in [1.29, 1.82) is 0 Å². The number of alkyl halides is 5. The summed E-state index contributed by atoms with van der Waals surface area (Å²) in [5, 5.41) is 8.81. The van der Waals surface area contributed by atoms with Crippen LogP contribution in [0, 0.1) is 5.41 Å². The first kappa shape index (κ1) is 13.0. The quantitative estimate of drug-likeness (QED) is 0.732. The van der Waals surface area contributed by atoms with E-state index in [0.717, 1.165) is 0 Å². The predicted octanol–water partition coefficient (Wildman–Crippen LogP) is 1.26. The zero-order valence-electron chi connectivity index (χ0n) is 8.80. The van der Waals surface area contributed by atoms with Crippen LogP contribution < -0.4 is 0 Å². The molecule has 1 saturated heterocycles. The number of carbonyl (C=O) groups excluding carboxylic acids is 1. The highest BCUT2D eigenvalue weighted by Crippen LogP contribution is 2.68. The third-order valence-corrected chi connectivity index (χ3v) is 3.51. The molecule has 2 unspecified atom stereocenters. The third-order valence-electron chi connectivity index (χ3n) is 3.51. The van der Waals surface area contributed by atoms with Crippen LogP contribution >= 0.6 is 0 Å². The molecule has 1 saturated carbocycles. The molecule has 1 N–H and O–H groups in total. The number of likely N-dealkylation sites (tertiary alicyclic amines) is 1. The van der Waals surface area contributed by atoms with Gasteiger partial charge >= 0.3 is 18.1 Å². The fourth-order valence-electron chi connectivity index (χ4n) is 2.56. The van der Waals surface area contributed by atoms with Crippen molar-refractivity contribution in [3.05, 3.63) is 0 Å². The molecule has 2 atom stereocenters. The summed E-state index contributed by atoms with van der Waals surface area (Å²) < 4.78 is 63.0. The van der Waals surface area contributed by atoms with Gasteiger partial charge in [0.2, 0.25) is 0 Å². The molecule has 1 spiro atoms. The first-order chi connectivity index (χ1) is 8.03. The number of carbonyl (C=O) groups is 2. The van der Waals surface area contributed by atoms with Crippen LogP contribution in [0.25, 0.3) is 0 Å². The van der Waals surface area contributed by atoms with Gasteiger partial charge in [0.15, 0.2) is 0 Å². The molecular weight excluding hydrogens is 265 g/mol. The first-order valence-electron chi connectivity index (χ1n) is 5.01. The predicted molar refractivity (Wildman–Crippen MR) is 45.8 cm³/mol. The monoisotopic (exact) mass is 273 g/mol. The average molecular weight is 273 g/mol. The molecule has 18 heavy (non-hydrogen) atoms. The molecule has 4 nitrogen and oxygen atoms in total. The number of rotatable bonds is 1. The number of halogens is 5. The van der Waals surface area contributed by atoms with E-state index in [4.69, 9.17) is 5.11 Å². The van der Waals surface area contributed by atoms with Crippen LogP contribution in [0.3, 0.4) is 0 Å². The Morgan fingerprint density at radius 3 is 2.11 bits per heavy atom. The number of carboxylic acid groups (broad SMARTS) is 1. The molecule has 2 aliphatic rings. The smallest absolute Gasteiger partial charge is 0.471 e. The molecule has 0 aromatic heterocycles. The van der Waals surface area contributed by atoms with Gasteiger partial charge in [-0.2, -0.15) is 13.2 Å². The Morgan fingerprint density at radius 1 is 1.28 bits per heavy atom. The maximum atomic E-state index is 13.2.